The number of ether oxygens (including phenoxy) is 3. The second kappa shape index (κ2) is 6.48. The van der Waals surface area contributed by atoms with E-state index in [2.05, 4.69) is 9.64 Å². The number of hydrogen-bond acceptors (Lipinski definition) is 4. The van der Waals surface area contributed by atoms with Crippen molar-refractivity contribution in [2.24, 2.45) is 0 Å². The first-order chi connectivity index (χ1) is 10.6. The van der Waals surface area contributed by atoms with E-state index in [0.29, 0.717) is 19.8 Å². The van der Waals surface area contributed by atoms with Crippen LogP contribution in [0.25, 0.3) is 0 Å². The summed E-state index contributed by atoms with van der Waals surface area (Å²) in [7, 11) is 0. The van der Waals surface area contributed by atoms with Crippen LogP contribution in [0.2, 0.25) is 0 Å². The molecule has 0 saturated carbocycles. The smallest absolute Gasteiger partial charge is 0.387 e. The molecule has 6 heteroatoms. The van der Waals surface area contributed by atoms with Crippen LogP contribution in [0.5, 0.6) is 5.75 Å². The van der Waals surface area contributed by atoms with Crippen molar-refractivity contribution in [2.75, 3.05) is 26.3 Å². The zero-order chi connectivity index (χ0) is 15.6. The molecule has 2 unspecified atom stereocenters. The molecule has 0 aromatic heterocycles. The third kappa shape index (κ3) is 3.56. The monoisotopic (exact) mass is 313 g/mol. The summed E-state index contributed by atoms with van der Waals surface area (Å²) in [6.45, 7) is 2.63. The van der Waals surface area contributed by atoms with Crippen molar-refractivity contribution in [3.05, 3.63) is 29.8 Å². The van der Waals surface area contributed by atoms with Gasteiger partial charge in [-0.3, -0.25) is 4.90 Å². The van der Waals surface area contributed by atoms with Crippen LogP contribution in [0.15, 0.2) is 24.3 Å². The quantitative estimate of drug-likeness (QED) is 0.855. The molecule has 2 aliphatic rings. The van der Waals surface area contributed by atoms with Gasteiger partial charge in [-0.15, -0.1) is 0 Å². The van der Waals surface area contributed by atoms with Crippen molar-refractivity contribution in [3.63, 3.8) is 0 Å². The molecule has 2 fully saturated rings. The molecule has 122 valence electrons. The maximum Gasteiger partial charge on any atom is 0.387 e. The van der Waals surface area contributed by atoms with Crippen molar-refractivity contribution in [1.82, 2.24) is 4.90 Å². The SMILES string of the molecule is CC1CN(Cc2ccccc2OC(F)F)CC2(CCOC2)O1. The van der Waals surface area contributed by atoms with Crippen LogP contribution >= 0.6 is 0 Å². The molecule has 2 heterocycles. The molecule has 2 atom stereocenters. The van der Waals surface area contributed by atoms with Crippen molar-refractivity contribution in [1.29, 1.82) is 0 Å². The summed E-state index contributed by atoms with van der Waals surface area (Å²) in [6, 6.07) is 6.96. The van der Waals surface area contributed by atoms with Crippen molar-refractivity contribution < 1.29 is 23.0 Å². The van der Waals surface area contributed by atoms with Gasteiger partial charge < -0.3 is 14.2 Å². The average molecular weight is 313 g/mol. The van der Waals surface area contributed by atoms with Gasteiger partial charge in [0.15, 0.2) is 0 Å². The standard InChI is InChI=1S/C16H21F2NO3/c1-12-8-19(10-16(22-12)6-7-20-11-16)9-13-4-2-3-5-14(13)21-15(17)18/h2-5,12,15H,6-11H2,1H3. The van der Waals surface area contributed by atoms with Crippen LogP contribution in [-0.2, 0) is 16.0 Å². The Balaban J connectivity index is 1.72. The molecule has 1 spiro atoms. The van der Waals surface area contributed by atoms with Gasteiger partial charge in [-0.2, -0.15) is 8.78 Å². The van der Waals surface area contributed by atoms with Crippen LogP contribution in [0.4, 0.5) is 8.78 Å². The van der Waals surface area contributed by atoms with E-state index in [1.54, 1.807) is 12.1 Å². The normalized spacial score (nSPS) is 29.4. The number of benzene rings is 1. The molecule has 0 aliphatic carbocycles. The third-order valence-electron chi connectivity index (χ3n) is 4.13. The molecule has 0 radical (unpaired) electrons. The summed E-state index contributed by atoms with van der Waals surface area (Å²) >= 11 is 0. The topological polar surface area (TPSA) is 30.9 Å². The molecular formula is C16H21F2NO3. The van der Waals surface area contributed by atoms with Gasteiger partial charge in [0.25, 0.3) is 0 Å². The summed E-state index contributed by atoms with van der Waals surface area (Å²) in [5, 5.41) is 0. The van der Waals surface area contributed by atoms with E-state index in [0.717, 1.165) is 25.1 Å². The van der Waals surface area contributed by atoms with E-state index >= 15 is 0 Å². The Kier molecular flexibility index (Phi) is 4.61. The minimum absolute atomic E-state index is 0.0960. The Morgan fingerprint density at radius 3 is 2.95 bits per heavy atom. The van der Waals surface area contributed by atoms with Gasteiger partial charge in [-0.05, 0) is 13.0 Å². The highest BCUT2D eigenvalue weighted by molar-refractivity contribution is 5.33. The summed E-state index contributed by atoms with van der Waals surface area (Å²) in [5.41, 5.74) is 0.516. The molecule has 3 rings (SSSR count). The van der Waals surface area contributed by atoms with Gasteiger partial charge in [0.2, 0.25) is 0 Å². The van der Waals surface area contributed by atoms with Gasteiger partial charge in [0, 0.05) is 38.2 Å². The number of para-hydroxylation sites is 1. The fourth-order valence-electron chi connectivity index (χ4n) is 3.35. The van der Waals surface area contributed by atoms with Gasteiger partial charge >= 0.3 is 6.61 Å². The number of rotatable bonds is 4. The van der Waals surface area contributed by atoms with E-state index < -0.39 is 6.61 Å². The van der Waals surface area contributed by atoms with Gasteiger partial charge in [-0.25, -0.2) is 0 Å². The minimum Gasteiger partial charge on any atom is -0.434 e. The molecule has 1 aromatic rings. The Labute approximate surface area is 129 Å². The lowest BCUT2D eigenvalue weighted by Gasteiger charge is -2.43. The van der Waals surface area contributed by atoms with Crippen LogP contribution in [-0.4, -0.2) is 49.5 Å². The maximum atomic E-state index is 12.5. The number of nitrogens with zero attached hydrogens (tertiary/aromatic N) is 1. The van der Waals surface area contributed by atoms with Crippen molar-refractivity contribution in [2.45, 2.75) is 38.2 Å². The van der Waals surface area contributed by atoms with E-state index in [1.165, 1.54) is 0 Å². The molecule has 0 N–H and O–H groups in total. The average Bonchev–Trinajstić information content (AvgIpc) is 2.87. The first-order valence-corrected chi connectivity index (χ1v) is 7.57. The largest absolute Gasteiger partial charge is 0.434 e. The molecule has 22 heavy (non-hydrogen) atoms. The first kappa shape index (κ1) is 15.6. The number of morpholine rings is 1. The number of alkyl halides is 2. The van der Waals surface area contributed by atoms with E-state index in [1.807, 2.05) is 19.1 Å². The lowest BCUT2D eigenvalue weighted by atomic mass is 9.99. The van der Waals surface area contributed by atoms with E-state index in [9.17, 15) is 8.78 Å². The van der Waals surface area contributed by atoms with Gasteiger partial charge in [0.1, 0.15) is 11.4 Å². The zero-order valence-corrected chi connectivity index (χ0v) is 12.6. The fourth-order valence-corrected chi connectivity index (χ4v) is 3.35. The Morgan fingerprint density at radius 2 is 2.23 bits per heavy atom. The van der Waals surface area contributed by atoms with Gasteiger partial charge in [-0.1, -0.05) is 18.2 Å². The third-order valence-corrected chi connectivity index (χ3v) is 4.13. The second-order valence-corrected chi connectivity index (χ2v) is 6.07. The molecule has 2 saturated heterocycles. The molecule has 0 amide bonds. The Morgan fingerprint density at radius 1 is 1.41 bits per heavy atom. The highest BCUT2D eigenvalue weighted by Crippen LogP contribution is 2.31. The van der Waals surface area contributed by atoms with E-state index in [-0.39, 0.29) is 17.5 Å². The summed E-state index contributed by atoms with van der Waals surface area (Å²) in [6.07, 6.45) is 0.974. The van der Waals surface area contributed by atoms with Crippen LogP contribution in [0.3, 0.4) is 0 Å². The van der Waals surface area contributed by atoms with Gasteiger partial charge in [0.05, 0.1) is 12.7 Å². The molecule has 2 aliphatic heterocycles. The van der Waals surface area contributed by atoms with Crippen LogP contribution in [0.1, 0.15) is 18.9 Å². The van der Waals surface area contributed by atoms with Crippen LogP contribution in [0, 0.1) is 0 Å². The molecular weight excluding hydrogens is 292 g/mol. The molecule has 4 nitrogen and oxygen atoms in total. The zero-order valence-electron chi connectivity index (χ0n) is 12.6. The predicted molar refractivity (Wildman–Crippen MR) is 77.1 cm³/mol. The number of hydrogen-bond donors (Lipinski definition) is 0. The summed E-state index contributed by atoms with van der Waals surface area (Å²) < 4.78 is 41.2. The fraction of sp³-hybridized carbons (Fsp3) is 0.625. The second-order valence-electron chi connectivity index (χ2n) is 6.07. The Hall–Kier alpha value is -1.24. The first-order valence-electron chi connectivity index (χ1n) is 7.57. The molecule has 0 bridgehead atoms. The van der Waals surface area contributed by atoms with Crippen LogP contribution < -0.4 is 4.74 Å². The Bertz CT molecular complexity index is 506. The van der Waals surface area contributed by atoms with Crippen molar-refractivity contribution in [3.8, 4) is 5.75 Å². The molecule has 1 aromatic carbocycles. The maximum absolute atomic E-state index is 12.5. The lowest BCUT2D eigenvalue weighted by Crippen LogP contribution is -2.55. The predicted octanol–water partition coefficient (Wildman–Crippen LogP) is 2.67. The minimum atomic E-state index is -2.81. The summed E-state index contributed by atoms with van der Waals surface area (Å²) in [5.74, 6) is 0.244. The lowest BCUT2D eigenvalue weighted by molar-refractivity contribution is -0.149. The number of halogens is 2. The highest BCUT2D eigenvalue weighted by Gasteiger charge is 2.42. The van der Waals surface area contributed by atoms with E-state index in [4.69, 9.17) is 9.47 Å². The van der Waals surface area contributed by atoms with Crippen molar-refractivity contribution >= 4 is 0 Å². The highest BCUT2D eigenvalue weighted by atomic mass is 19.3. The summed E-state index contributed by atoms with van der Waals surface area (Å²) in [4.78, 5) is 2.23.